The van der Waals surface area contributed by atoms with Gasteiger partial charge in [0.15, 0.2) is 5.82 Å². The van der Waals surface area contributed by atoms with E-state index in [1.54, 1.807) is 14.2 Å². The minimum absolute atomic E-state index is 0. The number of piperidine rings is 1. The van der Waals surface area contributed by atoms with Crippen molar-refractivity contribution in [1.82, 2.24) is 24.7 Å². The zero-order chi connectivity index (χ0) is 26.4. The summed E-state index contributed by atoms with van der Waals surface area (Å²) in [7, 11) is 3.33. The van der Waals surface area contributed by atoms with Crippen LogP contribution < -0.4 is 10.1 Å². The number of imidazole rings is 1. The number of carbonyl (C=O) groups is 2. The van der Waals surface area contributed by atoms with Crippen LogP contribution in [0.5, 0.6) is 5.75 Å². The van der Waals surface area contributed by atoms with Crippen LogP contribution in [0, 0.1) is 11.8 Å². The first-order valence-electron chi connectivity index (χ1n) is 13.8. The minimum atomic E-state index is -0.104. The number of aryl methyl sites for hydroxylation is 1. The molecule has 2 saturated heterocycles. The van der Waals surface area contributed by atoms with Gasteiger partial charge in [-0.25, -0.2) is 4.98 Å². The first kappa shape index (κ1) is 33.1. The number of carbonyl (C=O) groups excluding carboxylic acids is 2. The molecule has 1 unspecified atom stereocenters. The Balaban J connectivity index is 0.00000267. The molecule has 11 heteroatoms. The largest absolute Gasteiger partial charge is 0.494 e. The molecule has 2 amide bonds. The second-order valence-electron chi connectivity index (χ2n) is 10.7. The molecule has 0 radical (unpaired) electrons. The number of hydrogen-bond donors (Lipinski definition) is 1. The predicted molar refractivity (Wildman–Crippen MR) is 158 cm³/mol. The average Bonchev–Trinajstić information content (AvgIpc) is 3.57. The molecule has 1 aromatic heterocycles. The Hall–Kier alpha value is -2.07. The third kappa shape index (κ3) is 7.78. The number of ether oxygens (including phenoxy) is 2. The fraction of sp³-hybridized carbons (Fsp3) is 0.679. The van der Waals surface area contributed by atoms with Gasteiger partial charge in [0.1, 0.15) is 11.3 Å². The van der Waals surface area contributed by atoms with Crippen LogP contribution >= 0.6 is 24.8 Å². The van der Waals surface area contributed by atoms with Crippen molar-refractivity contribution in [2.45, 2.75) is 58.5 Å². The standard InChI is InChI=1S/C28H43N5O4.2ClH/c1-20(2)19-33(22-16-21(17-29-18-22)27(34)31-12-5-6-13-31)28(35)26-30-25-23(10-9-11-24(25)37-4)32(26)14-7-8-15-36-3;;/h9-11,20-22,29H,5-8,12-19H2,1-4H3;2*1H/t21-,22?;;/m0../s1. The van der Waals surface area contributed by atoms with Gasteiger partial charge in [-0.05, 0) is 50.2 Å². The summed E-state index contributed by atoms with van der Waals surface area (Å²) in [5.41, 5.74) is 1.60. The van der Waals surface area contributed by atoms with Crippen molar-refractivity contribution in [3.63, 3.8) is 0 Å². The summed E-state index contributed by atoms with van der Waals surface area (Å²) in [5, 5.41) is 3.45. The molecular weight excluding hydrogens is 541 g/mol. The van der Waals surface area contributed by atoms with Crippen LogP contribution in [-0.4, -0.2) is 90.8 Å². The fourth-order valence-corrected chi connectivity index (χ4v) is 5.65. The van der Waals surface area contributed by atoms with Gasteiger partial charge in [0.05, 0.1) is 18.5 Å². The van der Waals surface area contributed by atoms with Crippen LogP contribution in [-0.2, 0) is 16.1 Å². The average molecular weight is 587 g/mol. The Kier molecular flexibility index (Phi) is 13.3. The summed E-state index contributed by atoms with van der Waals surface area (Å²) < 4.78 is 12.8. The van der Waals surface area contributed by atoms with Crippen molar-refractivity contribution >= 4 is 47.7 Å². The normalized spacial score (nSPS) is 19.1. The van der Waals surface area contributed by atoms with Gasteiger partial charge in [-0.1, -0.05) is 19.9 Å². The molecule has 0 saturated carbocycles. The minimum Gasteiger partial charge on any atom is -0.494 e. The molecule has 9 nitrogen and oxygen atoms in total. The second kappa shape index (κ2) is 15.6. The van der Waals surface area contributed by atoms with Gasteiger partial charge in [-0.3, -0.25) is 9.59 Å². The van der Waals surface area contributed by atoms with Crippen LogP contribution in [0.1, 0.15) is 56.6 Å². The summed E-state index contributed by atoms with van der Waals surface area (Å²) in [4.78, 5) is 36.2. The van der Waals surface area contributed by atoms with Crippen molar-refractivity contribution in [1.29, 1.82) is 0 Å². The molecule has 2 atom stereocenters. The highest BCUT2D eigenvalue weighted by Gasteiger charge is 2.37. The lowest BCUT2D eigenvalue weighted by Gasteiger charge is -2.39. The van der Waals surface area contributed by atoms with E-state index in [1.807, 2.05) is 32.6 Å². The lowest BCUT2D eigenvalue weighted by atomic mass is 9.92. The quantitative estimate of drug-likeness (QED) is 0.401. The summed E-state index contributed by atoms with van der Waals surface area (Å²) in [6.07, 6.45) is 4.61. The zero-order valence-corrected chi connectivity index (χ0v) is 25.3. The number of aromatic nitrogens is 2. The summed E-state index contributed by atoms with van der Waals surface area (Å²) >= 11 is 0. The first-order chi connectivity index (χ1) is 17.9. The van der Waals surface area contributed by atoms with Gasteiger partial charge >= 0.3 is 0 Å². The highest BCUT2D eigenvalue weighted by Crippen LogP contribution is 2.28. The maximum Gasteiger partial charge on any atom is 0.290 e. The lowest BCUT2D eigenvalue weighted by Crippen LogP contribution is -2.55. The molecule has 220 valence electrons. The molecule has 3 heterocycles. The molecule has 39 heavy (non-hydrogen) atoms. The highest BCUT2D eigenvalue weighted by atomic mass is 35.5. The Morgan fingerprint density at radius 3 is 2.54 bits per heavy atom. The number of rotatable bonds is 11. The van der Waals surface area contributed by atoms with E-state index in [9.17, 15) is 9.59 Å². The maximum absolute atomic E-state index is 14.2. The monoisotopic (exact) mass is 585 g/mol. The molecule has 0 bridgehead atoms. The molecule has 2 aromatic rings. The Bertz CT molecular complexity index is 1070. The SMILES string of the molecule is COCCCCn1c(C(=O)N(CC(C)C)C2CNC[C@@H](C(=O)N3CCCC3)C2)nc2c(OC)cccc21.Cl.Cl. The topological polar surface area (TPSA) is 88.9 Å². The number of para-hydroxylation sites is 1. The van der Waals surface area contributed by atoms with Gasteiger partial charge in [-0.2, -0.15) is 0 Å². The number of benzene rings is 1. The van der Waals surface area contributed by atoms with Crippen LogP contribution in [0.2, 0.25) is 0 Å². The third-order valence-electron chi connectivity index (χ3n) is 7.49. The third-order valence-corrected chi connectivity index (χ3v) is 7.49. The van der Waals surface area contributed by atoms with E-state index in [4.69, 9.17) is 14.5 Å². The fourth-order valence-electron chi connectivity index (χ4n) is 5.65. The van der Waals surface area contributed by atoms with Crippen LogP contribution in [0.15, 0.2) is 18.2 Å². The van der Waals surface area contributed by atoms with Crippen molar-refractivity contribution in [3.05, 3.63) is 24.0 Å². The number of nitrogens with one attached hydrogen (secondary N) is 1. The number of halogens is 2. The van der Waals surface area contributed by atoms with Gasteiger partial charge in [0, 0.05) is 59.0 Å². The number of likely N-dealkylation sites (tertiary alicyclic amines) is 1. The van der Waals surface area contributed by atoms with Crippen LogP contribution in [0.25, 0.3) is 11.0 Å². The van der Waals surface area contributed by atoms with Crippen molar-refractivity contribution < 1.29 is 19.1 Å². The summed E-state index contributed by atoms with van der Waals surface area (Å²) in [6.45, 7) is 9.26. The molecule has 0 spiro atoms. The number of nitrogens with zero attached hydrogens (tertiary/aromatic N) is 4. The van der Waals surface area contributed by atoms with Crippen LogP contribution in [0.4, 0.5) is 0 Å². The first-order valence-corrected chi connectivity index (χ1v) is 13.8. The number of amides is 2. The summed E-state index contributed by atoms with van der Waals surface area (Å²) in [6, 6.07) is 5.75. The number of hydrogen-bond acceptors (Lipinski definition) is 6. The van der Waals surface area contributed by atoms with Gasteiger partial charge in [0.25, 0.3) is 5.91 Å². The second-order valence-corrected chi connectivity index (χ2v) is 10.7. The molecule has 2 fully saturated rings. The molecule has 2 aliphatic rings. The van der Waals surface area contributed by atoms with Gasteiger partial charge in [-0.15, -0.1) is 24.8 Å². The number of unbranched alkanes of at least 4 members (excludes halogenated alkanes) is 1. The number of methoxy groups -OCH3 is 2. The lowest BCUT2D eigenvalue weighted by molar-refractivity contribution is -0.135. The van der Waals surface area contributed by atoms with E-state index < -0.39 is 0 Å². The Morgan fingerprint density at radius 1 is 1.13 bits per heavy atom. The van der Waals surface area contributed by atoms with Gasteiger partial charge in [0.2, 0.25) is 5.91 Å². The van der Waals surface area contributed by atoms with E-state index in [0.717, 1.165) is 44.3 Å². The molecule has 4 rings (SSSR count). The van der Waals surface area contributed by atoms with Gasteiger partial charge < -0.3 is 29.2 Å². The Morgan fingerprint density at radius 2 is 1.87 bits per heavy atom. The predicted octanol–water partition coefficient (Wildman–Crippen LogP) is 4.01. The molecule has 0 aliphatic carbocycles. The molecule has 1 N–H and O–H groups in total. The van der Waals surface area contributed by atoms with E-state index in [-0.39, 0.29) is 54.5 Å². The van der Waals surface area contributed by atoms with Crippen molar-refractivity contribution in [2.75, 3.05) is 53.6 Å². The smallest absolute Gasteiger partial charge is 0.290 e. The summed E-state index contributed by atoms with van der Waals surface area (Å²) in [5.74, 6) is 1.42. The highest BCUT2D eigenvalue weighted by molar-refractivity contribution is 5.96. The van der Waals surface area contributed by atoms with E-state index in [1.165, 1.54) is 0 Å². The van der Waals surface area contributed by atoms with Crippen molar-refractivity contribution in [2.24, 2.45) is 11.8 Å². The maximum atomic E-state index is 14.2. The van der Waals surface area contributed by atoms with E-state index in [0.29, 0.717) is 56.3 Å². The van der Waals surface area contributed by atoms with Crippen LogP contribution in [0.3, 0.4) is 0 Å². The number of fused-ring (bicyclic) bond motifs is 1. The molecular formula is C28H45Cl2N5O4. The van der Waals surface area contributed by atoms with Crippen molar-refractivity contribution in [3.8, 4) is 5.75 Å². The molecule has 1 aromatic carbocycles. The zero-order valence-electron chi connectivity index (χ0n) is 23.7. The van der Waals surface area contributed by atoms with E-state index in [2.05, 4.69) is 19.2 Å². The molecule has 2 aliphatic heterocycles. The Labute approximate surface area is 244 Å². The van der Waals surface area contributed by atoms with E-state index >= 15 is 0 Å².